The zero-order valence-corrected chi connectivity index (χ0v) is 17.8. The van der Waals surface area contributed by atoms with Crippen molar-refractivity contribution in [1.29, 1.82) is 5.26 Å². The minimum Gasteiger partial charge on any atom is -0.393 e. The summed E-state index contributed by atoms with van der Waals surface area (Å²) in [5.41, 5.74) is 2.05. The van der Waals surface area contributed by atoms with Gasteiger partial charge in [-0.05, 0) is 49.2 Å². The van der Waals surface area contributed by atoms with Gasteiger partial charge in [0.2, 0.25) is 10.0 Å². The van der Waals surface area contributed by atoms with E-state index in [0.717, 1.165) is 0 Å². The van der Waals surface area contributed by atoms with Crippen LogP contribution in [0.4, 0.5) is 4.39 Å². The van der Waals surface area contributed by atoms with Crippen LogP contribution in [0.3, 0.4) is 0 Å². The first-order valence-electron chi connectivity index (χ1n) is 9.53. The van der Waals surface area contributed by atoms with Gasteiger partial charge in [0.25, 0.3) is 0 Å². The number of hydrogen-bond acceptors (Lipinski definition) is 5. The van der Waals surface area contributed by atoms with E-state index in [1.54, 1.807) is 18.2 Å². The van der Waals surface area contributed by atoms with Gasteiger partial charge in [-0.25, -0.2) is 12.8 Å². The fourth-order valence-corrected chi connectivity index (χ4v) is 5.45. The molecule has 3 aromatic rings. The van der Waals surface area contributed by atoms with Crippen LogP contribution in [0.1, 0.15) is 18.4 Å². The molecule has 160 valence electrons. The van der Waals surface area contributed by atoms with Gasteiger partial charge in [0.1, 0.15) is 16.8 Å². The van der Waals surface area contributed by atoms with Crippen LogP contribution in [0.15, 0.2) is 47.4 Å². The minimum atomic E-state index is -3.83. The van der Waals surface area contributed by atoms with Crippen molar-refractivity contribution in [3.8, 4) is 28.6 Å². The van der Waals surface area contributed by atoms with Gasteiger partial charge in [0.15, 0.2) is 0 Å². The number of rotatable bonds is 4. The number of aromatic amines is 1. The summed E-state index contributed by atoms with van der Waals surface area (Å²) in [5, 5.41) is 25.8. The highest BCUT2D eigenvalue weighted by molar-refractivity contribution is 7.89. The molecule has 0 bridgehead atoms. The Hall–Kier alpha value is -2.77. The fourth-order valence-electron chi connectivity index (χ4n) is 3.48. The molecule has 1 aromatic heterocycles. The van der Waals surface area contributed by atoms with Crippen molar-refractivity contribution < 1.29 is 17.9 Å². The number of nitriles is 1. The summed E-state index contributed by atoms with van der Waals surface area (Å²) in [7, 11) is -3.83. The number of aromatic nitrogens is 2. The van der Waals surface area contributed by atoms with E-state index in [1.165, 1.54) is 34.6 Å². The third kappa shape index (κ3) is 4.20. The molecule has 1 fully saturated rings. The maximum absolute atomic E-state index is 13.6. The smallest absolute Gasteiger partial charge is 0.244 e. The first kappa shape index (κ1) is 21.5. The average Bonchev–Trinajstić information content (AvgIpc) is 3.25. The number of H-pyrrole nitrogens is 1. The third-order valence-electron chi connectivity index (χ3n) is 5.24. The van der Waals surface area contributed by atoms with Gasteiger partial charge in [-0.2, -0.15) is 14.7 Å². The summed E-state index contributed by atoms with van der Waals surface area (Å²) in [6, 6.07) is 12.3. The summed E-state index contributed by atoms with van der Waals surface area (Å²) >= 11 is 6.22. The van der Waals surface area contributed by atoms with Gasteiger partial charge < -0.3 is 5.11 Å². The molecule has 10 heteroatoms. The van der Waals surface area contributed by atoms with Crippen LogP contribution in [-0.2, 0) is 10.0 Å². The van der Waals surface area contributed by atoms with E-state index in [9.17, 15) is 17.9 Å². The molecule has 0 atom stereocenters. The first-order chi connectivity index (χ1) is 14.8. The van der Waals surface area contributed by atoms with Gasteiger partial charge in [-0.15, -0.1) is 0 Å². The van der Waals surface area contributed by atoms with Crippen LogP contribution in [0.25, 0.3) is 22.5 Å². The zero-order valence-electron chi connectivity index (χ0n) is 16.2. The molecule has 0 aliphatic carbocycles. The molecule has 2 N–H and O–H groups in total. The standard InChI is InChI=1S/C21H18ClFN4O3S/c22-17-3-1-14(10-21(17)31(29,30)27-7-5-16(28)6-8-27)20-11-19(25-26-20)13-2-4-18(23)15(9-13)12-24/h1-4,9-11,16,28H,5-8H2,(H,25,26). The van der Waals surface area contributed by atoms with Crippen LogP contribution >= 0.6 is 11.6 Å². The van der Waals surface area contributed by atoms with Crippen molar-refractivity contribution in [1.82, 2.24) is 14.5 Å². The Morgan fingerprint density at radius 2 is 1.87 bits per heavy atom. The summed E-state index contributed by atoms with van der Waals surface area (Å²) in [6.45, 7) is 0.449. The largest absolute Gasteiger partial charge is 0.393 e. The Kier molecular flexibility index (Phi) is 5.81. The van der Waals surface area contributed by atoms with E-state index in [4.69, 9.17) is 16.9 Å². The van der Waals surface area contributed by atoms with E-state index in [1.807, 2.05) is 0 Å². The fraction of sp³-hybridized carbons (Fsp3) is 0.238. The van der Waals surface area contributed by atoms with Crippen LogP contribution < -0.4 is 0 Å². The molecule has 0 saturated carbocycles. The second-order valence-corrected chi connectivity index (χ2v) is 9.57. The molecule has 2 aromatic carbocycles. The number of nitrogens with one attached hydrogen (secondary N) is 1. The molecular weight excluding hydrogens is 443 g/mol. The predicted molar refractivity (Wildman–Crippen MR) is 113 cm³/mol. The van der Waals surface area contributed by atoms with Gasteiger partial charge >= 0.3 is 0 Å². The Bertz CT molecular complexity index is 1280. The number of aliphatic hydroxyl groups is 1. The van der Waals surface area contributed by atoms with Gasteiger partial charge in [0, 0.05) is 24.2 Å². The van der Waals surface area contributed by atoms with Gasteiger partial charge in [0.05, 0.1) is 28.1 Å². The van der Waals surface area contributed by atoms with Crippen LogP contribution in [0.2, 0.25) is 5.02 Å². The highest BCUT2D eigenvalue weighted by Gasteiger charge is 2.30. The molecular formula is C21H18ClFN4O3S. The number of hydrogen-bond donors (Lipinski definition) is 2. The van der Waals surface area contributed by atoms with E-state index < -0.39 is 21.9 Å². The average molecular weight is 461 g/mol. The van der Waals surface area contributed by atoms with E-state index >= 15 is 0 Å². The summed E-state index contributed by atoms with van der Waals surface area (Å²) < 4.78 is 41.1. The lowest BCUT2D eigenvalue weighted by Crippen LogP contribution is -2.40. The molecule has 0 spiro atoms. The van der Waals surface area contributed by atoms with Crippen molar-refractivity contribution in [2.24, 2.45) is 0 Å². The highest BCUT2D eigenvalue weighted by atomic mass is 35.5. The molecule has 2 heterocycles. The summed E-state index contributed by atoms with van der Waals surface area (Å²) in [6.07, 6.45) is 0.257. The Labute approximate surface area is 183 Å². The monoisotopic (exact) mass is 460 g/mol. The molecule has 1 saturated heterocycles. The summed E-state index contributed by atoms with van der Waals surface area (Å²) in [5.74, 6) is -0.608. The first-order valence-corrected chi connectivity index (χ1v) is 11.3. The van der Waals surface area contributed by atoms with Crippen molar-refractivity contribution in [2.75, 3.05) is 13.1 Å². The van der Waals surface area contributed by atoms with Crippen molar-refractivity contribution in [3.63, 3.8) is 0 Å². The normalized spacial score (nSPS) is 15.7. The van der Waals surface area contributed by atoms with Crippen LogP contribution in [0, 0.1) is 17.1 Å². The molecule has 4 rings (SSSR count). The zero-order chi connectivity index (χ0) is 22.2. The Morgan fingerprint density at radius 3 is 2.58 bits per heavy atom. The highest BCUT2D eigenvalue weighted by Crippen LogP contribution is 2.32. The lowest BCUT2D eigenvalue weighted by atomic mass is 10.1. The SMILES string of the molecule is N#Cc1cc(-c2cc(-c3ccc(Cl)c(S(=O)(=O)N4CCC(O)CC4)c3)n[nH]2)ccc1F. The van der Waals surface area contributed by atoms with E-state index in [2.05, 4.69) is 10.2 Å². The van der Waals surface area contributed by atoms with Crippen molar-refractivity contribution in [2.45, 2.75) is 23.8 Å². The second kappa shape index (κ2) is 8.40. The number of nitrogens with zero attached hydrogens (tertiary/aromatic N) is 3. The van der Waals surface area contributed by atoms with Gasteiger partial charge in [-0.1, -0.05) is 17.7 Å². The molecule has 1 aliphatic heterocycles. The quantitative estimate of drug-likeness (QED) is 0.618. The molecule has 7 nitrogen and oxygen atoms in total. The molecule has 1 aliphatic rings. The van der Waals surface area contributed by atoms with Gasteiger partial charge in [-0.3, -0.25) is 5.10 Å². The minimum absolute atomic E-state index is 0.0267. The Balaban J connectivity index is 1.67. The second-order valence-electron chi connectivity index (χ2n) is 7.25. The van der Waals surface area contributed by atoms with E-state index in [-0.39, 0.29) is 28.6 Å². The van der Waals surface area contributed by atoms with Crippen LogP contribution in [-0.4, -0.2) is 47.2 Å². The maximum Gasteiger partial charge on any atom is 0.244 e. The molecule has 0 unspecified atom stereocenters. The predicted octanol–water partition coefficient (Wildman–Crippen LogP) is 3.55. The molecule has 0 amide bonds. The number of sulfonamides is 1. The lowest BCUT2D eigenvalue weighted by molar-refractivity contribution is 0.113. The van der Waals surface area contributed by atoms with Crippen molar-refractivity contribution in [3.05, 3.63) is 58.9 Å². The van der Waals surface area contributed by atoms with E-state index in [0.29, 0.717) is 35.4 Å². The van der Waals surface area contributed by atoms with Crippen LogP contribution in [0.5, 0.6) is 0 Å². The number of halogens is 2. The maximum atomic E-state index is 13.6. The number of benzene rings is 2. The lowest BCUT2D eigenvalue weighted by Gasteiger charge is -2.29. The number of aliphatic hydroxyl groups excluding tert-OH is 1. The topological polar surface area (TPSA) is 110 Å². The van der Waals surface area contributed by atoms with Crippen molar-refractivity contribution >= 4 is 21.6 Å². The Morgan fingerprint density at radius 1 is 1.16 bits per heavy atom. The number of piperidine rings is 1. The third-order valence-corrected chi connectivity index (χ3v) is 7.62. The molecule has 31 heavy (non-hydrogen) atoms. The summed E-state index contributed by atoms with van der Waals surface area (Å²) in [4.78, 5) is -0.0267. The molecule has 0 radical (unpaired) electrons.